The summed E-state index contributed by atoms with van der Waals surface area (Å²) >= 11 is 0. The maximum atomic E-state index is 12.8. The zero-order valence-electron chi connectivity index (χ0n) is 7.08. The summed E-state index contributed by atoms with van der Waals surface area (Å²) in [5.41, 5.74) is 1.29. The van der Waals surface area contributed by atoms with Crippen molar-refractivity contribution in [1.82, 2.24) is 4.98 Å². The Morgan fingerprint density at radius 1 is 1.31 bits per heavy atom. The number of aromatic hydroxyl groups is 1. The summed E-state index contributed by atoms with van der Waals surface area (Å²) in [6.45, 7) is 1.82. The molecule has 0 amide bonds. The summed E-state index contributed by atoms with van der Waals surface area (Å²) in [5, 5.41) is 9.94. The summed E-state index contributed by atoms with van der Waals surface area (Å²) in [7, 11) is 0. The Morgan fingerprint density at radius 3 is 2.85 bits per heavy atom. The lowest BCUT2D eigenvalue weighted by Crippen LogP contribution is -1.84. The number of phenolic OH excluding ortho intramolecular Hbond substituents is 1. The standard InChI is InChI=1S/C10H8FNO/c1-6-2-3-8-9(12-6)4-7(11)5-10(8)13/h2-5,13H,1H3. The van der Waals surface area contributed by atoms with Crippen molar-refractivity contribution < 1.29 is 9.50 Å². The smallest absolute Gasteiger partial charge is 0.129 e. The molecule has 0 bridgehead atoms. The van der Waals surface area contributed by atoms with Gasteiger partial charge in [0.15, 0.2) is 0 Å². The number of pyridine rings is 1. The van der Waals surface area contributed by atoms with Crippen LogP contribution in [0.2, 0.25) is 0 Å². The van der Waals surface area contributed by atoms with Crippen molar-refractivity contribution in [2.24, 2.45) is 0 Å². The van der Waals surface area contributed by atoms with Gasteiger partial charge in [-0.3, -0.25) is 4.98 Å². The highest BCUT2D eigenvalue weighted by Crippen LogP contribution is 2.24. The maximum Gasteiger partial charge on any atom is 0.129 e. The Morgan fingerprint density at radius 2 is 2.08 bits per heavy atom. The Bertz CT molecular complexity index is 462. The normalized spacial score (nSPS) is 10.6. The molecule has 1 heterocycles. The highest BCUT2D eigenvalue weighted by Gasteiger charge is 2.03. The lowest BCUT2D eigenvalue weighted by atomic mass is 10.2. The zero-order valence-corrected chi connectivity index (χ0v) is 7.08. The first-order valence-electron chi connectivity index (χ1n) is 3.93. The van der Waals surface area contributed by atoms with E-state index in [1.54, 1.807) is 12.1 Å². The van der Waals surface area contributed by atoms with E-state index < -0.39 is 5.82 Å². The molecule has 0 unspecified atom stereocenters. The van der Waals surface area contributed by atoms with Crippen LogP contribution in [0.1, 0.15) is 5.69 Å². The molecule has 0 saturated heterocycles. The third-order valence-corrected chi connectivity index (χ3v) is 1.89. The van der Waals surface area contributed by atoms with Crippen LogP contribution in [0.25, 0.3) is 10.9 Å². The molecular weight excluding hydrogens is 169 g/mol. The fraction of sp³-hybridized carbons (Fsp3) is 0.100. The van der Waals surface area contributed by atoms with Gasteiger partial charge in [-0.05, 0) is 19.1 Å². The van der Waals surface area contributed by atoms with Crippen LogP contribution in [0.4, 0.5) is 4.39 Å². The molecule has 0 fully saturated rings. The molecule has 1 aromatic carbocycles. The van der Waals surface area contributed by atoms with Crippen molar-refractivity contribution in [3.8, 4) is 5.75 Å². The number of aromatic nitrogens is 1. The second kappa shape index (κ2) is 2.69. The van der Waals surface area contributed by atoms with E-state index in [1.807, 2.05) is 6.92 Å². The number of hydrogen-bond donors (Lipinski definition) is 1. The van der Waals surface area contributed by atoms with Crippen LogP contribution in [0.15, 0.2) is 24.3 Å². The van der Waals surface area contributed by atoms with Gasteiger partial charge in [-0.1, -0.05) is 0 Å². The molecule has 0 spiro atoms. The summed E-state index contributed by atoms with van der Waals surface area (Å²) < 4.78 is 12.8. The minimum absolute atomic E-state index is 0.0671. The number of fused-ring (bicyclic) bond motifs is 1. The van der Waals surface area contributed by atoms with E-state index in [0.29, 0.717) is 10.9 Å². The molecular formula is C10H8FNO. The van der Waals surface area contributed by atoms with E-state index in [-0.39, 0.29) is 5.75 Å². The Balaban J connectivity index is 2.86. The van der Waals surface area contributed by atoms with Crippen LogP contribution in [0.5, 0.6) is 5.75 Å². The fourth-order valence-electron chi connectivity index (χ4n) is 1.28. The second-order valence-electron chi connectivity index (χ2n) is 2.94. The van der Waals surface area contributed by atoms with Crippen molar-refractivity contribution in [3.05, 3.63) is 35.8 Å². The summed E-state index contributed by atoms with van der Waals surface area (Å²) in [6, 6.07) is 5.90. The van der Waals surface area contributed by atoms with Gasteiger partial charge in [-0.15, -0.1) is 0 Å². The molecule has 0 aliphatic rings. The van der Waals surface area contributed by atoms with Gasteiger partial charge in [0, 0.05) is 23.2 Å². The van der Waals surface area contributed by atoms with Crippen molar-refractivity contribution in [1.29, 1.82) is 0 Å². The van der Waals surface area contributed by atoms with E-state index in [4.69, 9.17) is 0 Å². The first-order valence-corrected chi connectivity index (χ1v) is 3.93. The van der Waals surface area contributed by atoms with E-state index >= 15 is 0 Å². The van der Waals surface area contributed by atoms with Crippen LogP contribution in [-0.2, 0) is 0 Å². The van der Waals surface area contributed by atoms with Gasteiger partial charge in [0.1, 0.15) is 11.6 Å². The van der Waals surface area contributed by atoms with Crippen LogP contribution in [0.3, 0.4) is 0 Å². The monoisotopic (exact) mass is 177 g/mol. The number of hydrogen-bond acceptors (Lipinski definition) is 2. The van der Waals surface area contributed by atoms with Crippen molar-refractivity contribution in [2.75, 3.05) is 0 Å². The third-order valence-electron chi connectivity index (χ3n) is 1.89. The van der Waals surface area contributed by atoms with Gasteiger partial charge < -0.3 is 5.11 Å². The van der Waals surface area contributed by atoms with Crippen molar-refractivity contribution in [3.63, 3.8) is 0 Å². The minimum Gasteiger partial charge on any atom is -0.507 e. The lowest BCUT2D eigenvalue weighted by molar-refractivity contribution is 0.475. The van der Waals surface area contributed by atoms with Gasteiger partial charge in [0.2, 0.25) is 0 Å². The van der Waals surface area contributed by atoms with Gasteiger partial charge in [-0.25, -0.2) is 4.39 Å². The van der Waals surface area contributed by atoms with E-state index in [9.17, 15) is 9.50 Å². The molecule has 0 saturated carbocycles. The number of nitrogens with zero attached hydrogens (tertiary/aromatic N) is 1. The Labute approximate surface area is 74.7 Å². The molecule has 1 aromatic heterocycles. The molecule has 2 nitrogen and oxygen atoms in total. The molecule has 2 rings (SSSR count). The predicted molar refractivity (Wildman–Crippen MR) is 48.1 cm³/mol. The second-order valence-corrected chi connectivity index (χ2v) is 2.94. The van der Waals surface area contributed by atoms with Crippen LogP contribution in [-0.4, -0.2) is 10.1 Å². The topological polar surface area (TPSA) is 33.1 Å². The fourth-order valence-corrected chi connectivity index (χ4v) is 1.28. The predicted octanol–water partition coefficient (Wildman–Crippen LogP) is 2.39. The van der Waals surface area contributed by atoms with Gasteiger partial charge >= 0.3 is 0 Å². The largest absolute Gasteiger partial charge is 0.507 e. The van der Waals surface area contributed by atoms with Gasteiger partial charge in [-0.2, -0.15) is 0 Å². The molecule has 3 heteroatoms. The van der Waals surface area contributed by atoms with E-state index in [0.717, 1.165) is 11.8 Å². The first kappa shape index (κ1) is 7.98. The number of aryl methyl sites for hydroxylation is 1. The molecule has 0 aliphatic heterocycles. The van der Waals surface area contributed by atoms with Gasteiger partial charge in [0.25, 0.3) is 0 Å². The minimum atomic E-state index is -0.469. The Hall–Kier alpha value is -1.64. The highest BCUT2D eigenvalue weighted by molar-refractivity contribution is 5.84. The zero-order chi connectivity index (χ0) is 9.42. The molecule has 0 aliphatic carbocycles. The van der Waals surface area contributed by atoms with Crippen LogP contribution < -0.4 is 0 Å². The maximum absolute atomic E-state index is 12.8. The third kappa shape index (κ3) is 1.33. The lowest BCUT2D eigenvalue weighted by Gasteiger charge is -2.01. The molecule has 0 radical (unpaired) electrons. The molecule has 0 atom stereocenters. The highest BCUT2D eigenvalue weighted by atomic mass is 19.1. The molecule has 1 N–H and O–H groups in total. The number of halogens is 1. The van der Waals surface area contributed by atoms with Crippen LogP contribution >= 0.6 is 0 Å². The number of phenols is 1. The average molecular weight is 177 g/mol. The summed E-state index contributed by atoms with van der Waals surface area (Å²) in [6.07, 6.45) is 0. The van der Waals surface area contributed by atoms with Gasteiger partial charge in [0.05, 0.1) is 5.52 Å². The van der Waals surface area contributed by atoms with E-state index in [1.165, 1.54) is 6.07 Å². The molecule has 13 heavy (non-hydrogen) atoms. The number of benzene rings is 1. The molecule has 66 valence electrons. The SMILES string of the molecule is Cc1ccc2c(O)cc(F)cc2n1. The van der Waals surface area contributed by atoms with Crippen molar-refractivity contribution in [2.45, 2.75) is 6.92 Å². The number of rotatable bonds is 0. The average Bonchev–Trinajstić information content (AvgIpc) is 2.02. The van der Waals surface area contributed by atoms with Crippen LogP contribution in [0, 0.1) is 12.7 Å². The quantitative estimate of drug-likeness (QED) is 0.670. The Kier molecular flexibility index (Phi) is 1.65. The summed E-state index contributed by atoms with van der Waals surface area (Å²) in [4.78, 5) is 4.10. The van der Waals surface area contributed by atoms with Crippen molar-refractivity contribution >= 4 is 10.9 Å². The summed E-state index contributed by atoms with van der Waals surface area (Å²) in [5.74, 6) is -0.536. The first-order chi connectivity index (χ1) is 6.16. The van der Waals surface area contributed by atoms with E-state index in [2.05, 4.69) is 4.98 Å². The molecule has 2 aromatic rings.